The Balaban J connectivity index is 2.19. The van der Waals surface area contributed by atoms with Crippen molar-refractivity contribution in [2.75, 3.05) is 33.4 Å². The van der Waals surface area contributed by atoms with Crippen molar-refractivity contribution in [2.45, 2.75) is 17.1 Å². The molecule has 2 aromatic rings. The van der Waals surface area contributed by atoms with E-state index in [1.165, 1.54) is 17.1 Å². The first kappa shape index (κ1) is 22.3. The van der Waals surface area contributed by atoms with Gasteiger partial charge in [-0.25, -0.2) is 13.8 Å². The third-order valence-corrected chi connectivity index (χ3v) is 5.97. The lowest BCUT2D eigenvalue weighted by Crippen LogP contribution is -2.47. The van der Waals surface area contributed by atoms with Crippen LogP contribution < -0.4 is 5.43 Å². The zero-order valence-electron chi connectivity index (χ0n) is 16.9. The molecular weight excluding hydrogens is 415 g/mol. The first-order chi connectivity index (χ1) is 14.0. The number of alkyl halides is 3. The second kappa shape index (κ2) is 8.41. The zero-order chi connectivity index (χ0) is 22.1. The van der Waals surface area contributed by atoms with Crippen molar-refractivity contribution in [3.63, 3.8) is 0 Å². The van der Waals surface area contributed by atoms with Crippen LogP contribution in [0, 0.1) is 0 Å². The van der Waals surface area contributed by atoms with Crippen molar-refractivity contribution in [2.24, 2.45) is 0 Å². The molecular formula is C21H24F3N3O2S. The smallest absolute Gasteiger partial charge is 0.308 e. The third kappa shape index (κ3) is 4.85. The first-order valence-corrected chi connectivity index (χ1v) is 11.2. The fourth-order valence-electron chi connectivity index (χ4n) is 3.37. The van der Waals surface area contributed by atoms with Gasteiger partial charge < -0.3 is 9.91 Å². The number of benzene rings is 2. The van der Waals surface area contributed by atoms with Crippen LogP contribution in [0.4, 0.5) is 13.2 Å². The van der Waals surface area contributed by atoms with E-state index in [1.807, 2.05) is 19.0 Å². The number of nitrogens with zero attached hydrogens (tertiary/aromatic N) is 2. The molecule has 1 atom stereocenters. The molecule has 30 heavy (non-hydrogen) atoms. The first-order valence-electron chi connectivity index (χ1n) is 9.33. The molecule has 9 heteroatoms. The highest BCUT2D eigenvalue weighted by Gasteiger charge is 2.49. The van der Waals surface area contributed by atoms with Gasteiger partial charge in [-0.15, -0.1) is 0 Å². The van der Waals surface area contributed by atoms with E-state index in [9.17, 15) is 21.6 Å². The number of halogens is 3. The molecule has 3 rings (SSSR count). The quantitative estimate of drug-likeness (QED) is 0.749. The fourth-order valence-corrected chi connectivity index (χ4v) is 4.00. The van der Waals surface area contributed by atoms with Gasteiger partial charge in [-0.2, -0.15) is 13.2 Å². The Hall–Kier alpha value is -2.36. The topological polar surface area (TPSA) is 52.6 Å². The molecule has 1 heterocycles. The molecule has 162 valence electrons. The van der Waals surface area contributed by atoms with Gasteiger partial charge in [-0.3, -0.25) is 0 Å². The number of nitrogens with one attached hydrogen (secondary N) is 1. The fraction of sp³-hybridized carbons (Fsp3) is 0.333. The molecule has 2 aromatic carbocycles. The van der Waals surface area contributed by atoms with Gasteiger partial charge in [-0.05, 0) is 37.4 Å². The van der Waals surface area contributed by atoms with Crippen molar-refractivity contribution in [3.05, 3.63) is 65.7 Å². The summed E-state index contributed by atoms with van der Waals surface area (Å²) in [7, 11) is 0.284. The van der Waals surface area contributed by atoms with Crippen LogP contribution in [-0.2, 0) is 9.84 Å². The van der Waals surface area contributed by atoms with Gasteiger partial charge in [0.1, 0.15) is 6.04 Å². The van der Waals surface area contributed by atoms with Gasteiger partial charge in [0.2, 0.25) is 0 Å². The molecule has 1 aliphatic heterocycles. The summed E-state index contributed by atoms with van der Waals surface area (Å²) in [6.45, 7) is 0.851. The van der Waals surface area contributed by atoms with Crippen LogP contribution in [0.15, 0.2) is 59.5 Å². The van der Waals surface area contributed by atoms with Gasteiger partial charge >= 0.3 is 6.18 Å². The highest BCUT2D eigenvalue weighted by atomic mass is 32.2. The van der Waals surface area contributed by atoms with Crippen molar-refractivity contribution >= 4 is 21.1 Å². The predicted molar refractivity (Wildman–Crippen MR) is 111 cm³/mol. The third-order valence-electron chi connectivity index (χ3n) is 4.84. The Morgan fingerprint density at radius 2 is 1.60 bits per heavy atom. The van der Waals surface area contributed by atoms with Crippen LogP contribution in [0.2, 0.25) is 0 Å². The molecule has 5 nitrogen and oxygen atoms in total. The van der Waals surface area contributed by atoms with Crippen LogP contribution in [0.3, 0.4) is 0 Å². The van der Waals surface area contributed by atoms with E-state index >= 15 is 0 Å². The number of sulfone groups is 1. The van der Waals surface area contributed by atoms with E-state index in [1.54, 1.807) is 42.5 Å². The van der Waals surface area contributed by atoms with Crippen LogP contribution in [0.1, 0.15) is 11.1 Å². The molecule has 0 aromatic heterocycles. The van der Waals surface area contributed by atoms with Crippen LogP contribution in [0.25, 0.3) is 11.3 Å². The maximum Gasteiger partial charge on any atom is 0.409 e. The lowest BCUT2D eigenvalue weighted by Gasteiger charge is -2.26. The molecule has 1 unspecified atom stereocenters. The standard InChI is InChI=1S/C21H24F3N3O2S/c1-26(2)13-14-27-19(16-9-11-17(12-10-16)30(3,28)29)18(15-7-5-4-6-8-15)20(25-27)21(22,23)24/h4-12,20,25H,13-14H2,1-3H3. The molecule has 0 saturated heterocycles. The summed E-state index contributed by atoms with van der Waals surface area (Å²) >= 11 is 0. The summed E-state index contributed by atoms with van der Waals surface area (Å²) in [6, 6.07) is 12.5. The average molecular weight is 440 g/mol. The Morgan fingerprint density at radius 3 is 2.10 bits per heavy atom. The minimum Gasteiger partial charge on any atom is -0.308 e. The second-order valence-electron chi connectivity index (χ2n) is 7.48. The minimum absolute atomic E-state index is 0.117. The van der Waals surface area contributed by atoms with E-state index in [4.69, 9.17) is 0 Å². The molecule has 1 aliphatic rings. The summed E-state index contributed by atoms with van der Waals surface area (Å²) in [5, 5.41) is 1.51. The van der Waals surface area contributed by atoms with Crippen LogP contribution >= 0.6 is 0 Å². The van der Waals surface area contributed by atoms with E-state index in [-0.39, 0.29) is 10.5 Å². The molecule has 0 aliphatic carbocycles. The summed E-state index contributed by atoms with van der Waals surface area (Å²) in [6.07, 6.45) is -3.41. The molecule has 0 bridgehead atoms. The lowest BCUT2D eigenvalue weighted by molar-refractivity contribution is -0.147. The van der Waals surface area contributed by atoms with E-state index < -0.39 is 22.1 Å². The Morgan fingerprint density at radius 1 is 1.00 bits per heavy atom. The van der Waals surface area contributed by atoms with Gasteiger partial charge in [-0.1, -0.05) is 42.5 Å². The summed E-state index contributed by atoms with van der Waals surface area (Å²) in [4.78, 5) is 2.00. The van der Waals surface area contributed by atoms with Crippen molar-refractivity contribution in [1.82, 2.24) is 15.3 Å². The van der Waals surface area contributed by atoms with Gasteiger partial charge in [0.05, 0.1) is 10.6 Å². The molecule has 0 amide bonds. The van der Waals surface area contributed by atoms with Crippen molar-refractivity contribution in [3.8, 4) is 0 Å². The summed E-state index contributed by atoms with van der Waals surface area (Å²) < 4.78 is 65.5. The largest absolute Gasteiger partial charge is 0.409 e. The van der Waals surface area contributed by atoms with Gasteiger partial charge in [0, 0.05) is 24.9 Å². The Bertz CT molecular complexity index is 1020. The van der Waals surface area contributed by atoms with E-state index in [0.717, 1.165) is 6.26 Å². The van der Waals surface area contributed by atoms with Gasteiger partial charge in [0.15, 0.2) is 9.84 Å². The van der Waals surface area contributed by atoms with Crippen LogP contribution in [0.5, 0.6) is 0 Å². The molecule has 0 saturated carbocycles. The Kier molecular flexibility index (Phi) is 6.26. The van der Waals surface area contributed by atoms with E-state index in [0.29, 0.717) is 29.9 Å². The monoisotopic (exact) mass is 439 g/mol. The number of hydrogen-bond donors (Lipinski definition) is 1. The van der Waals surface area contributed by atoms with Crippen molar-refractivity contribution < 1.29 is 21.6 Å². The van der Waals surface area contributed by atoms with Crippen LogP contribution in [-0.4, -0.2) is 64.0 Å². The SMILES string of the molecule is CN(C)CCN1NC(C(F)(F)F)C(c2ccccc2)=C1c1ccc(S(C)(=O)=O)cc1. The second-order valence-corrected chi connectivity index (χ2v) is 9.50. The normalized spacial score (nSPS) is 17.8. The predicted octanol–water partition coefficient (Wildman–Crippen LogP) is 3.27. The average Bonchev–Trinajstić information content (AvgIpc) is 3.06. The summed E-state index contributed by atoms with van der Waals surface area (Å²) in [5.74, 6) is 0. The highest BCUT2D eigenvalue weighted by molar-refractivity contribution is 7.90. The number of rotatable bonds is 6. The summed E-state index contributed by atoms with van der Waals surface area (Å²) in [5.41, 5.74) is 4.10. The Labute approximate surface area is 174 Å². The minimum atomic E-state index is -4.50. The van der Waals surface area contributed by atoms with E-state index in [2.05, 4.69) is 5.43 Å². The lowest BCUT2D eigenvalue weighted by atomic mass is 9.94. The number of likely N-dealkylation sites (N-methyl/N-ethyl adjacent to an activating group) is 1. The maximum absolute atomic E-state index is 14.0. The molecule has 1 N–H and O–H groups in total. The zero-order valence-corrected chi connectivity index (χ0v) is 17.8. The molecule has 0 radical (unpaired) electrons. The molecule has 0 spiro atoms. The number of hydrogen-bond acceptors (Lipinski definition) is 5. The van der Waals surface area contributed by atoms with Gasteiger partial charge in [0.25, 0.3) is 0 Å². The highest BCUT2D eigenvalue weighted by Crippen LogP contribution is 2.42. The maximum atomic E-state index is 14.0. The molecule has 0 fully saturated rings. The van der Waals surface area contributed by atoms with Crippen molar-refractivity contribution in [1.29, 1.82) is 0 Å². The number of hydrazine groups is 1.